The molecule has 0 saturated carbocycles. The van der Waals surface area contributed by atoms with E-state index in [0.29, 0.717) is 12.4 Å². The molecule has 0 aliphatic rings. The molecular weight excluding hydrogens is 248 g/mol. The van der Waals surface area contributed by atoms with Gasteiger partial charge in [-0.2, -0.15) is 0 Å². The number of hydrogen-bond acceptors (Lipinski definition) is 2. The summed E-state index contributed by atoms with van der Waals surface area (Å²) in [5, 5.41) is 0.246. The van der Waals surface area contributed by atoms with Crippen molar-refractivity contribution in [2.75, 3.05) is 0 Å². The first kappa shape index (κ1) is 12.8. The van der Waals surface area contributed by atoms with Crippen molar-refractivity contribution in [3.05, 3.63) is 62.3 Å². The summed E-state index contributed by atoms with van der Waals surface area (Å²) in [6.45, 7) is 6.42. The summed E-state index contributed by atoms with van der Waals surface area (Å²) in [6, 6.07) is 7.46. The van der Waals surface area contributed by atoms with E-state index in [2.05, 4.69) is 4.98 Å². The highest BCUT2D eigenvalue weighted by Crippen LogP contribution is 2.15. The second kappa shape index (κ2) is 4.94. The van der Waals surface area contributed by atoms with Crippen molar-refractivity contribution in [3.63, 3.8) is 0 Å². The zero-order valence-electron chi connectivity index (χ0n) is 10.7. The van der Waals surface area contributed by atoms with Crippen LogP contribution in [0, 0.1) is 20.8 Å². The minimum Gasteiger partial charge on any atom is -0.292 e. The van der Waals surface area contributed by atoms with Gasteiger partial charge in [0.1, 0.15) is 11.0 Å². The molecule has 0 atom stereocenters. The molecule has 94 valence electrons. The fourth-order valence-electron chi connectivity index (χ4n) is 2.04. The van der Waals surface area contributed by atoms with Crippen molar-refractivity contribution in [1.29, 1.82) is 0 Å². The van der Waals surface area contributed by atoms with Crippen molar-refractivity contribution in [1.82, 2.24) is 9.55 Å². The molecule has 18 heavy (non-hydrogen) atoms. The van der Waals surface area contributed by atoms with Gasteiger partial charge in [-0.25, -0.2) is 4.98 Å². The highest BCUT2D eigenvalue weighted by molar-refractivity contribution is 6.29. The van der Waals surface area contributed by atoms with Crippen LogP contribution in [-0.2, 0) is 6.54 Å². The van der Waals surface area contributed by atoms with E-state index in [9.17, 15) is 4.79 Å². The lowest BCUT2D eigenvalue weighted by molar-refractivity contribution is 0.695. The SMILES string of the molecule is Cc1cccc(C)c1Cn1c(C)nc(Cl)cc1=O. The molecule has 0 aliphatic heterocycles. The minimum absolute atomic E-state index is 0.116. The molecule has 3 nitrogen and oxygen atoms in total. The van der Waals surface area contributed by atoms with Crippen LogP contribution in [0.2, 0.25) is 5.15 Å². The van der Waals surface area contributed by atoms with Gasteiger partial charge in [0.25, 0.3) is 5.56 Å². The molecule has 0 aliphatic carbocycles. The van der Waals surface area contributed by atoms with Gasteiger partial charge in [0, 0.05) is 6.07 Å². The third-order valence-electron chi connectivity index (χ3n) is 3.13. The Hall–Kier alpha value is -1.61. The Bertz CT molecular complexity index is 626. The number of hydrogen-bond donors (Lipinski definition) is 0. The Morgan fingerprint density at radius 2 is 1.83 bits per heavy atom. The Labute approximate surface area is 111 Å². The molecule has 1 aromatic carbocycles. The number of halogens is 1. The third kappa shape index (κ3) is 2.46. The van der Waals surface area contributed by atoms with Crippen molar-refractivity contribution >= 4 is 11.6 Å². The van der Waals surface area contributed by atoms with E-state index in [1.165, 1.54) is 17.2 Å². The molecule has 0 amide bonds. The first-order valence-corrected chi connectivity index (χ1v) is 6.16. The van der Waals surface area contributed by atoms with E-state index in [4.69, 9.17) is 11.6 Å². The zero-order chi connectivity index (χ0) is 13.3. The van der Waals surface area contributed by atoms with Gasteiger partial charge in [0.05, 0.1) is 6.54 Å². The maximum absolute atomic E-state index is 11.9. The van der Waals surface area contributed by atoms with E-state index in [1.807, 2.05) is 32.0 Å². The molecule has 0 fully saturated rings. The van der Waals surface area contributed by atoms with E-state index in [0.717, 1.165) is 5.56 Å². The molecule has 1 heterocycles. The smallest absolute Gasteiger partial charge is 0.255 e. The predicted molar refractivity (Wildman–Crippen MR) is 73.3 cm³/mol. The van der Waals surface area contributed by atoms with Gasteiger partial charge in [-0.15, -0.1) is 0 Å². The second-order valence-electron chi connectivity index (χ2n) is 4.42. The standard InChI is InChI=1S/C14H15ClN2O/c1-9-5-4-6-10(2)12(9)8-17-11(3)16-13(15)7-14(17)18/h4-7H,8H2,1-3H3. The van der Waals surface area contributed by atoms with Gasteiger partial charge in [-0.3, -0.25) is 9.36 Å². The predicted octanol–water partition coefficient (Wildman–Crippen LogP) is 2.87. The monoisotopic (exact) mass is 262 g/mol. The minimum atomic E-state index is -0.116. The quantitative estimate of drug-likeness (QED) is 0.780. The van der Waals surface area contributed by atoms with Crippen molar-refractivity contribution < 1.29 is 0 Å². The third-order valence-corrected chi connectivity index (χ3v) is 3.32. The van der Waals surface area contributed by atoms with Gasteiger partial charge in [0.15, 0.2) is 0 Å². The van der Waals surface area contributed by atoms with Crippen molar-refractivity contribution in [3.8, 4) is 0 Å². The maximum atomic E-state index is 11.9. The van der Waals surface area contributed by atoms with Gasteiger partial charge in [0.2, 0.25) is 0 Å². The molecule has 2 aromatic rings. The number of nitrogens with zero attached hydrogens (tertiary/aromatic N) is 2. The topological polar surface area (TPSA) is 34.9 Å². The molecule has 0 radical (unpaired) electrons. The van der Waals surface area contributed by atoms with Crippen LogP contribution >= 0.6 is 11.6 Å². The molecule has 0 spiro atoms. The summed E-state index contributed by atoms with van der Waals surface area (Å²) in [7, 11) is 0. The number of rotatable bonds is 2. The normalized spacial score (nSPS) is 10.7. The average Bonchev–Trinajstić information content (AvgIpc) is 2.26. The molecule has 4 heteroatoms. The van der Waals surface area contributed by atoms with Crippen LogP contribution in [0.1, 0.15) is 22.5 Å². The van der Waals surface area contributed by atoms with Crippen LogP contribution in [0.4, 0.5) is 0 Å². The van der Waals surface area contributed by atoms with Crippen LogP contribution in [0.15, 0.2) is 29.1 Å². The summed E-state index contributed by atoms with van der Waals surface area (Å²) in [6.07, 6.45) is 0. The summed E-state index contributed by atoms with van der Waals surface area (Å²) < 4.78 is 1.64. The van der Waals surface area contributed by atoms with Crippen LogP contribution in [0.5, 0.6) is 0 Å². The van der Waals surface area contributed by atoms with E-state index >= 15 is 0 Å². The number of aryl methyl sites for hydroxylation is 3. The van der Waals surface area contributed by atoms with Gasteiger partial charge < -0.3 is 0 Å². The lowest BCUT2D eigenvalue weighted by atomic mass is 10.0. The summed E-state index contributed by atoms with van der Waals surface area (Å²) in [5.41, 5.74) is 3.40. The lowest BCUT2D eigenvalue weighted by Crippen LogP contribution is -2.24. The Morgan fingerprint density at radius 1 is 1.22 bits per heavy atom. The number of benzene rings is 1. The lowest BCUT2D eigenvalue weighted by Gasteiger charge is -2.13. The highest BCUT2D eigenvalue weighted by Gasteiger charge is 2.08. The Kier molecular flexibility index (Phi) is 3.53. The zero-order valence-corrected chi connectivity index (χ0v) is 11.5. The highest BCUT2D eigenvalue weighted by atomic mass is 35.5. The molecule has 1 aromatic heterocycles. The Balaban J connectivity index is 2.50. The average molecular weight is 263 g/mol. The molecule has 0 unspecified atom stereocenters. The fraction of sp³-hybridized carbons (Fsp3) is 0.286. The van der Waals surface area contributed by atoms with Crippen LogP contribution in [0.3, 0.4) is 0 Å². The summed E-state index contributed by atoms with van der Waals surface area (Å²) >= 11 is 5.76. The first-order valence-electron chi connectivity index (χ1n) is 5.78. The van der Waals surface area contributed by atoms with Crippen LogP contribution < -0.4 is 5.56 Å². The fourth-order valence-corrected chi connectivity index (χ4v) is 2.25. The van der Waals surface area contributed by atoms with E-state index in [1.54, 1.807) is 11.5 Å². The van der Waals surface area contributed by atoms with E-state index < -0.39 is 0 Å². The maximum Gasteiger partial charge on any atom is 0.255 e. The second-order valence-corrected chi connectivity index (χ2v) is 4.81. The van der Waals surface area contributed by atoms with Gasteiger partial charge >= 0.3 is 0 Å². The van der Waals surface area contributed by atoms with Gasteiger partial charge in [-0.1, -0.05) is 29.8 Å². The molecule has 0 saturated heterocycles. The number of aromatic nitrogens is 2. The molecular formula is C14H15ClN2O. The van der Waals surface area contributed by atoms with Crippen molar-refractivity contribution in [2.24, 2.45) is 0 Å². The summed E-state index contributed by atoms with van der Waals surface area (Å²) in [5.74, 6) is 0.634. The van der Waals surface area contributed by atoms with Crippen LogP contribution in [-0.4, -0.2) is 9.55 Å². The molecule has 2 rings (SSSR count). The summed E-state index contributed by atoms with van der Waals surface area (Å²) in [4.78, 5) is 16.0. The first-order chi connectivity index (χ1) is 8.49. The van der Waals surface area contributed by atoms with E-state index in [-0.39, 0.29) is 10.7 Å². The van der Waals surface area contributed by atoms with Crippen LogP contribution in [0.25, 0.3) is 0 Å². The van der Waals surface area contributed by atoms with Gasteiger partial charge in [-0.05, 0) is 37.5 Å². The Morgan fingerprint density at radius 3 is 2.39 bits per heavy atom. The molecule has 0 bridgehead atoms. The van der Waals surface area contributed by atoms with Crippen molar-refractivity contribution in [2.45, 2.75) is 27.3 Å². The molecule has 0 N–H and O–H groups in total. The largest absolute Gasteiger partial charge is 0.292 e.